The lowest BCUT2D eigenvalue weighted by Crippen LogP contribution is -2.55. The molecule has 1 saturated carbocycles. The van der Waals surface area contributed by atoms with Gasteiger partial charge in [-0.15, -0.1) is 0 Å². The van der Waals surface area contributed by atoms with Gasteiger partial charge in [-0.05, 0) is 85.5 Å². The van der Waals surface area contributed by atoms with E-state index in [-0.39, 0.29) is 22.6 Å². The zero-order chi connectivity index (χ0) is 28.7. The highest BCUT2D eigenvalue weighted by Crippen LogP contribution is 2.55. The smallest absolute Gasteiger partial charge is 0.264 e. The first-order chi connectivity index (χ1) is 19.0. The van der Waals surface area contributed by atoms with E-state index < -0.39 is 27.3 Å². The maximum Gasteiger partial charge on any atom is 0.264 e. The van der Waals surface area contributed by atoms with Crippen LogP contribution in [0.2, 0.25) is 0 Å². The maximum atomic E-state index is 14.2. The van der Waals surface area contributed by atoms with Crippen LogP contribution in [0, 0.1) is 17.7 Å². The van der Waals surface area contributed by atoms with Crippen molar-refractivity contribution in [3.05, 3.63) is 59.4 Å². The van der Waals surface area contributed by atoms with Crippen LogP contribution in [0.4, 0.5) is 10.1 Å². The molecule has 0 radical (unpaired) electrons. The van der Waals surface area contributed by atoms with Crippen molar-refractivity contribution in [2.24, 2.45) is 11.8 Å². The highest BCUT2D eigenvalue weighted by molar-refractivity contribution is 7.92. The average molecular weight is 570 g/mol. The highest BCUT2D eigenvalue weighted by atomic mass is 32.2. The van der Waals surface area contributed by atoms with Gasteiger partial charge in [0.15, 0.2) is 0 Å². The molecule has 2 fully saturated rings. The molecule has 9 heteroatoms. The number of fused-ring (bicyclic) bond motifs is 2. The predicted molar refractivity (Wildman–Crippen MR) is 153 cm³/mol. The summed E-state index contributed by atoms with van der Waals surface area (Å²) < 4.78 is 43.6. The minimum Gasteiger partial charge on any atom is -0.352 e. The number of halogens is 1. The second-order valence-electron chi connectivity index (χ2n) is 12.1. The number of sulfonamides is 1. The number of nitrogens with one attached hydrogen (secondary N) is 1. The molecule has 2 aliphatic heterocycles. The van der Waals surface area contributed by atoms with Crippen LogP contribution in [0.3, 0.4) is 0 Å². The van der Waals surface area contributed by atoms with Crippen molar-refractivity contribution in [2.45, 2.75) is 82.1 Å². The Hall–Kier alpha value is -2.94. The summed E-state index contributed by atoms with van der Waals surface area (Å²) in [5, 5.41) is 3.12. The molecule has 7 nitrogen and oxygen atoms in total. The van der Waals surface area contributed by atoms with Crippen molar-refractivity contribution < 1.29 is 22.4 Å². The van der Waals surface area contributed by atoms with Gasteiger partial charge in [-0.1, -0.05) is 33.1 Å². The van der Waals surface area contributed by atoms with Crippen molar-refractivity contribution in [1.29, 1.82) is 0 Å². The standard InChI is InChI=1S/C31H40FN3O4S/c1-21(2)29-31(15-17-34(18-16-31)22(3)36)27-19-24(30(37)33-20-23-7-5-4-6-8-23)9-14-28(27)35(29)40(38,39)26-12-10-25(32)11-13-26/h9-14,19,21,23,29H,4-8,15-18,20H2,1-3H3,(H,33,37). The van der Waals surface area contributed by atoms with E-state index in [1.807, 2.05) is 19.9 Å². The summed E-state index contributed by atoms with van der Waals surface area (Å²) in [5.74, 6) is -0.212. The molecule has 1 saturated heterocycles. The molecule has 2 aromatic rings. The first-order valence-corrected chi connectivity index (χ1v) is 16.0. The maximum absolute atomic E-state index is 14.2. The Bertz CT molecular complexity index is 1360. The summed E-state index contributed by atoms with van der Waals surface area (Å²) in [6.45, 7) is 7.26. The van der Waals surface area contributed by atoms with Crippen LogP contribution in [-0.4, -0.2) is 50.8 Å². The Morgan fingerprint density at radius 3 is 2.27 bits per heavy atom. The van der Waals surface area contributed by atoms with Gasteiger partial charge in [0.25, 0.3) is 15.9 Å². The lowest BCUT2D eigenvalue weighted by Gasteiger charge is -2.46. The summed E-state index contributed by atoms with van der Waals surface area (Å²) in [5.41, 5.74) is 1.35. The third-order valence-corrected chi connectivity index (χ3v) is 11.0. The van der Waals surface area contributed by atoms with Gasteiger partial charge in [-0.25, -0.2) is 12.8 Å². The monoisotopic (exact) mass is 569 g/mol. The van der Waals surface area contributed by atoms with Gasteiger partial charge in [-0.3, -0.25) is 13.9 Å². The van der Waals surface area contributed by atoms with Gasteiger partial charge in [0.05, 0.1) is 16.6 Å². The Labute approximate surface area is 237 Å². The SMILES string of the molecule is CC(=O)N1CCC2(CC1)c1cc(C(=O)NCC3CCCCC3)ccc1N(S(=O)(=O)c1ccc(F)cc1)C2C(C)C. The summed E-state index contributed by atoms with van der Waals surface area (Å²) >= 11 is 0. The van der Waals surface area contributed by atoms with Crippen LogP contribution in [0.15, 0.2) is 47.4 Å². The van der Waals surface area contributed by atoms with Gasteiger partial charge in [0, 0.05) is 37.5 Å². The van der Waals surface area contributed by atoms with E-state index in [9.17, 15) is 22.4 Å². The number of likely N-dealkylation sites (tertiary alicyclic amines) is 1. The van der Waals surface area contributed by atoms with Gasteiger partial charge in [0.2, 0.25) is 5.91 Å². The van der Waals surface area contributed by atoms with Crippen LogP contribution >= 0.6 is 0 Å². The van der Waals surface area contributed by atoms with Crippen molar-refractivity contribution >= 4 is 27.5 Å². The molecule has 3 aliphatic rings. The van der Waals surface area contributed by atoms with E-state index in [1.54, 1.807) is 24.0 Å². The molecular formula is C31H40FN3O4S. The molecule has 2 amide bonds. The largest absolute Gasteiger partial charge is 0.352 e. The van der Waals surface area contributed by atoms with E-state index >= 15 is 0 Å². The number of anilines is 1. The molecule has 216 valence electrons. The molecule has 0 bridgehead atoms. The summed E-state index contributed by atoms with van der Waals surface area (Å²) in [6.07, 6.45) is 7.10. The molecule has 2 aromatic carbocycles. The summed E-state index contributed by atoms with van der Waals surface area (Å²) in [7, 11) is -4.04. The Kier molecular flexibility index (Phi) is 7.97. The number of piperidine rings is 1. The topological polar surface area (TPSA) is 86.8 Å². The van der Waals surface area contributed by atoms with Crippen LogP contribution in [-0.2, 0) is 20.2 Å². The van der Waals surface area contributed by atoms with Crippen LogP contribution in [0.1, 0.15) is 81.6 Å². The number of carbonyl (C=O) groups excluding carboxylic acids is 2. The van der Waals surface area contributed by atoms with Crippen LogP contribution < -0.4 is 9.62 Å². The van der Waals surface area contributed by atoms with E-state index in [0.717, 1.165) is 30.5 Å². The van der Waals surface area contributed by atoms with Gasteiger partial charge in [0.1, 0.15) is 5.82 Å². The predicted octanol–water partition coefficient (Wildman–Crippen LogP) is 5.25. The van der Waals surface area contributed by atoms with Crippen molar-refractivity contribution in [3.8, 4) is 0 Å². The average Bonchev–Trinajstić information content (AvgIpc) is 3.22. The Balaban J connectivity index is 1.56. The highest BCUT2D eigenvalue weighted by Gasteiger charge is 2.56. The first kappa shape index (κ1) is 28.6. The molecule has 5 rings (SSSR count). The third-order valence-electron chi connectivity index (χ3n) is 9.23. The van der Waals surface area contributed by atoms with E-state index in [2.05, 4.69) is 5.32 Å². The molecule has 0 aromatic heterocycles. The molecule has 40 heavy (non-hydrogen) atoms. The Morgan fingerprint density at radius 1 is 1.02 bits per heavy atom. The van der Waals surface area contributed by atoms with Crippen molar-refractivity contribution in [2.75, 3.05) is 23.9 Å². The fourth-order valence-electron chi connectivity index (χ4n) is 7.23. The van der Waals surface area contributed by atoms with Crippen molar-refractivity contribution in [3.63, 3.8) is 0 Å². The van der Waals surface area contributed by atoms with E-state index in [1.165, 1.54) is 35.7 Å². The number of hydrogen-bond donors (Lipinski definition) is 1. The second kappa shape index (κ2) is 11.1. The van der Waals surface area contributed by atoms with Gasteiger partial charge in [-0.2, -0.15) is 0 Å². The first-order valence-electron chi connectivity index (χ1n) is 14.5. The van der Waals surface area contributed by atoms with Crippen molar-refractivity contribution in [1.82, 2.24) is 10.2 Å². The molecule has 1 spiro atoms. The number of rotatable bonds is 6. The number of amides is 2. The summed E-state index contributed by atoms with van der Waals surface area (Å²) in [6, 6.07) is 9.86. The number of carbonyl (C=O) groups is 2. The molecular weight excluding hydrogens is 529 g/mol. The van der Waals surface area contributed by atoms with Crippen LogP contribution in [0.5, 0.6) is 0 Å². The van der Waals surface area contributed by atoms with E-state index in [4.69, 9.17) is 0 Å². The molecule has 1 aliphatic carbocycles. The fraction of sp³-hybridized carbons (Fsp3) is 0.548. The van der Waals surface area contributed by atoms with E-state index in [0.29, 0.717) is 49.6 Å². The normalized spacial score (nSPS) is 21.1. The minimum absolute atomic E-state index is 0.000739. The van der Waals surface area contributed by atoms with Gasteiger partial charge >= 0.3 is 0 Å². The molecule has 1 atom stereocenters. The number of benzene rings is 2. The molecule has 1 unspecified atom stereocenters. The number of nitrogens with zero attached hydrogens (tertiary/aromatic N) is 2. The zero-order valence-corrected chi connectivity index (χ0v) is 24.5. The quantitative estimate of drug-likeness (QED) is 0.515. The lowest BCUT2D eigenvalue weighted by molar-refractivity contribution is -0.130. The Morgan fingerprint density at radius 2 is 1.68 bits per heavy atom. The number of hydrogen-bond acceptors (Lipinski definition) is 4. The fourth-order valence-corrected chi connectivity index (χ4v) is 9.10. The summed E-state index contributed by atoms with van der Waals surface area (Å²) in [4.78, 5) is 27.3. The molecule has 1 N–H and O–H groups in total. The third kappa shape index (κ3) is 5.13. The minimum atomic E-state index is -4.04. The zero-order valence-electron chi connectivity index (χ0n) is 23.7. The van der Waals surface area contributed by atoms with Crippen LogP contribution in [0.25, 0.3) is 0 Å². The molecule has 2 heterocycles. The second-order valence-corrected chi connectivity index (χ2v) is 13.9. The lowest BCUT2D eigenvalue weighted by atomic mass is 9.66. The van der Waals surface area contributed by atoms with Gasteiger partial charge < -0.3 is 10.2 Å².